The maximum atomic E-state index is 12.5. The van der Waals surface area contributed by atoms with E-state index in [1.165, 1.54) is 12.1 Å². The number of carbonyl (C=O) groups is 3. The van der Waals surface area contributed by atoms with Crippen LogP contribution in [-0.4, -0.2) is 41.9 Å². The molecule has 0 saturated heterocycles. The van der Waals surface area contributed by atoms with E-state index in [1.807, 2.05) is 12.1 Å². The van der Waals surface area contributed by atoms with Crippen molar-refractivity contribution < 1.29 is 24.0 Å². The Balaban J connectivity index is 1.88. The standard InChI is InChI=1S/C22H23Cl2N3O6/c1-13(2)20(26-21(29)15-5-8-17(24)18(11-15)27(31)32)22(30)33-12-19(28)25-10-9-14-3-6-16(23)7-4-14/h3-8,11,13,20H,9-10,12H2,1-2H3,(H,25,28)(H,26,29). The van der Waals surface area contributed by atoms with Gasteiger partial charge in [0.05, 0.1) is 4.92 Å². The van der Waals surface area contributed by atoms with Gasteiger partial charge in [0, 0.05) is 23.2 Å². The molecule has 176 valence electrons. The maximum Gasteiger partial charge on any atom is 0.329 e. The Hall–Kier alpha value is -3.17. The SMILES string of the molecule is CC(C)C(NC(=O)c1ccc(Cl)c([N+](=O)[O-])c1)C(=O)OCC(=O)NCCc1ccc(Cl)cc1. The number of rotatable bonds is 10. The molecule has 2 amide bonds. The normalized spacial score (nSPS) is 11.5. The average molecular weight is 496 g/mol. The van der Waals surface area contributed by atoms with Crippen LogP contribution in [-0.2, 0) is 20.7 Å². The van der Waals surface area contributed by atoms with Crippen molar-refractivity contribution in [2.24, 2.45) is 5.92 Å². The summed E-state index contributed by atoms with van der Waals surface area (Å²) < 4.78 is 5.05. The van der Waals surface area contributed by atoms with E-state index in [4.69, 9.17) is 27.9 Å². The molecule has 1 atom stereocenters. The molecule has 0 aliphatic rings. The molecule has 0 aliphatic heterocycles. The van der Waals surface area contributed by atoms with E-state index in [1.54, 1.807) is 26.0 Å². The number of hydrogen-bond acceptors (Lipinski definition) is 6. The van der Waals surface area contributed by atoms with Gasteiger partial charge in [-0.05, 0) is 42.2 Å². The lowest BCUT2D eigenvalue weighted by Crippen LogP contribution is -2.46. The van der Waals surface area contributed by atoms with Crippen LogP contribution < -0.4 is 10.6 Å². The summed E-state index contributed by atoms with van der Waals surface area (Å²) in [6.45, 7) is 3.20. The molecule has 2 N–H and O–H groups in total. The number of nitro groups is 1. The Morgan fingerprint density at radius 2 is 1.76 bits per heavy atom. The molecule has 2 rings (SSSR count). The van der Waals surface area contributed by atoms with Crippen LogP contribution in [0.5, 0.6) is 0 Å². The van der Waals surface area contributed by atoms with Crippen molar-refractivity contribution >= 4 is 46.7 Å². The van der Waals surface area contributed by atoms with E-state index >= 15 is 0 Å². The Morgan fingerprint density at radius 3 is 2.36 bits per heavy atom. The van der Waals surface area contributed by atoms with Gasteiger partial charge in [-0.25, -0.2) is 4.79 Å². The number of nitrogens with one attached hydrogen (secondary N) is 2. The number of carbonyl (C=O) groups excluding carboxylic acids is 3. The van der Waals surface area contributed by atoms with Crippen LogP contribution >= 0.6 is 23.2 Å². The lowest BCUT2D eigenvalue weighted by molar-refractivity contribution is -0.384. The first-order valence-corrected chi connectivity index (χ1v) is 10.8. The maximum absolute atomic E-state index is 12.5. The van der Waals surface area contributed by atoms with Crippen molar-refractivity contribution in [2.75, 3.05) is 13.2 Å². The zero-order valence-corrected chi connectivity index (χ0v) is 19.5. The first-order chi connectivity index (χ1) is 15.6. The van der Waals surface area contributed by atoms with Gasteiger partial charge in [-0.3, -0.25) is 19.7 Å². The summed E-state index contributed by atoms with van der Waals surface area (Å²) in [6, 6.07) is 9.70. The Bertz CT molecular complexity index is 1030. The summed E-state index contributed by atoms with van der Waals surface area (Å²) in [7, 11) is 0. The Labute approximate surface area is 200 Å². The molecule has 0 bridgehead atoms. The molecule has 0 heterocycles. The predicted octanol–water partition coefficient (Wildman–Crippen LogP) is 3.56. The lowest BCUT2D eigenvalue weighted by atomic mass is 10.0. The topological polar surface area (TPSA) is 128 Å². The van der Waals surface area contributed by atoms with Crippen LogP contribution in [0.1, 0.15) is 29.8 Å². The molecule has 2 aromatic carbocycles. The highest BCUT2D eigenvalue weighted by atomic mass is 35.5. The zero-order chi connectivity index (χ0) is 24.5. The van der Waals surface area contributed by atoms with Crippen molar-refractivity contribution in [1.29, 1.82) is 0 Å². The predicted molar refractivity (Wildman–Crippen MR) is 123 cm³/mol. The second-order valence-corrected chi connectivity index (χ2v) is 8.30. The van der Waals surface area contributed by atoms with E-state index in [-0.39, 0.29) is 16.5 Å². The lowest BCUT2D eigenvalue weighted by Gasteiger charge is -2.20. The van der Waals surface area contributed by atoms with Crippen molar-refractivity contribution in [2.45, 2.75) is 26.3 Å². The summed E-state index contributed by atoms with van der Waals surface area (Å²) in [5, 5.41) is 16.7. The number of hydrogen-bond donors (Lipinski definition) is 2. The van der Waals surface area contributed by atoms with Crippen molar-refractivity contribution in [3.05, 3.63) is 73.8 Å². The minimum atomic E-state index is -1.06. The number of ether oxygens (including phenoxy) is 1. The Morgan fingerprint density at radius 1 is 1.09 bits per heavy atom. The molecule has 2 aromatic rings. The number of halogens is 2. The number of esters is 1. The summed E-state index contributed by atoms with van der Waals surface area (Å²) >= 11 is 11.6. The van der Waals surface area contributed by atoms with E-state index in [2.05, 4.69) is 10.6 Å². The smallest absolute Gasteiger partial charge is 0.329 e. The first-order valence-electron chi connectivity index (χ1n) is 10.0. The highest BCUT2D eigenvalue weighted by Crippen LogP contribution is 2.25. The molecule has 0 aromatic heterocycles. The largest absolute Gasteiger partial charge is 0.454 e. The number of amides is 2. The van der Waals surface area contributed by atoms with Gasteiger partial charge in [0.2, 0.25) is 0 Å². The monoisotopic (exact) mass is 495 g/mol. The van der Waals surface area contributed by atoms with Crippen LogP contribution in [0, 0.1) is 16.0 Å². The van der Waals surface area contributed by atoms with Gasteiger partial charge < -0.3 is 15.4 Å². The Kier molecular flexibility index (Phi) is 9.62. The van der Waals surface area contributed by atoms with Gasteiger partial charge in [-0.15, -0.1) is 0 Å². The summed E-state index contributed by atoms with van der Waals surface area (Å²) in [4.78, 5) is 47.3. The molecule has 9 nitrogen and oxygen atoms in total. The van der Waals surface area contributed by atoms with Gasteiger partial charge in [-0.1, -0.05) is 49.2 Å². The molecular weight excluding hydrogens is 473 g/mol. The molecule has 1 unspecified atom stereocenters. The van der Waals surface area contributed by atoms with Crippen LogP contribution in [0.25, 0.3) is 0 Å². The quantitative estimate of drug-likeness (QED) is 0.294. The van der Waals surface area contributed by atoms with Gasteiger partial charge in [0.1, 0.15) is 11.1 Å². The third-order valence-electron chi connectivity index (χ3n) is 4.61. The second-order valence-electron chi connectivity index (χ2n) is 7.45. The van der Waals surface area contributed by atoms with Crippen LogP contribution in [0.4, 0.5) is 5.69 Å². The van der Waals surface area contributed by atoms with E-state index in [0.29, 0.717) is 18.0 Å². The number of nitrogens with zero attached hydrogens (tertiary/aromatic N) is 1. The molecule has 0 aliphatic carbocycles. The number of benzene rings is 2. The fourth-order valence-corrected chi connectivity index (χ4v) is 3.10. The minimum Gasteiger partial charge on any atom is -0.454 e. The number of nitro benzene ring substituents is 1. The second kappa shape index (κ2) is 12.2. The minimum absolute atomic E-state index is 0.0375. The molecule has 0 fully saturated rings. The van der Waals surface area contributed by atoms with Crippen molar-refractivity contribution in [3.8, 4) is 0 Å². The summed E-state index contributed by atoms with van der Waals surface area (Å²) in [5.74, 6) is -2.36. The zero-order valence-electron chi connectivity index (χ0n) is 18.0. The first kappa shape index (κ1) is 26.1. The summed E-state index contributed by atoms with van der Waals surface area (Å²) in [5.41, 5.74) is 0.523. The van der Waals surface area contributed by atoms with E-state index in [0.717, 1.165) is 11.6 Å². The van der Waals surface area contributed by atoms with Crippen molar-refractivity contribution in [1.82, 2.24) is 10.6 Å². The third-order valence-corrected chi connectivity index (χ3v) is 5.18. The molecular formula is C22H23Cl2N3O6. The third kappa shape index (κ3) is 8.03. The van der Waals surface area contributed by atoms with Crippen LogP contribution in [0.2, 0.25) is 10.0 Å². The molecule has 33 heavy (non-hydrogen) atoms. The fourth-order valence-electron chi connectivity index (χ4n) is 2.79. The van der Waals surface area contributed by atoms with Crippen molar-refractivity contribution in [3.63, 3.8) is 0 Å². The molecule has 0 saturated carbocycles. The average Bonchev–Trinajstić information content (AvgIpc) is 2.76. The van der Waals surface area contributed by atoms with Gasteiger partial charge in [0.25, 0.3) is 17.5 Å². The highest BCUT2D eigenvalue weighted by molar-refractivity contribution is 6.32. The van der Waals surface area contributed by atoms with E-state index in [9.17, 15) is 24.5 Å². The highest BCUT2D eigenvalue weighted by Gasteiger charge is 2.27. The summed E-state index contributed by atoms with van der Waals surface area (Å²) in [6.07, 6.45) is 0.578. The molecule has 0 spiro atoms. The van der Waals surface area contributed by atoms with Crippen LogP contribution in [0.15, 0.2) is 42.5 Å². The van der Waals surface area contributed by atoms with Gasteiger partial charge in [0.15, 0.2) is 6.61 Å². The van der Waals surface area contributed by atoms with Gasteiger partial charge >= 0.3 is 5.97 Å². The fraction of sp³-hybridized carbons (Fsp3) is 0.318. The van der Waals surface area contributed by atoms with Gasteiger partial charge in [-0.2, -0.15) is 0 Å². The van der Waals surface area contributed by atoms with Crippen LogP contribution in [0.3, 0.4) is 0 Å². The van der Waals surface area contributed by atoms with E-state index < -0.39 is 41.0 Å². The molecule has 0 radical (unpaired) electrons. The molecule has 11 heteroatoms.